The van der Waals surface area contributed by atoms with E-state index >= 15 is 0 Å². The molecule has 1 aliphatic carbocycles. The van der Waals surface area contributed by atoms with Crippen molar-refractivity contribution in [2.75, 3.05) is 0 Å². The topological polar surface area (TPSA) is 17.1 Å². The van der Waals surface area contributed by atoms with E-state index in [2.05, 4.69) is 20.8 Å². The summed E-state index contributed by atoms with van der Waals surface area (Å²) in [5.74, 6) is 2.33. The van der Waals surface area contributed by atoms with Gasteiger partial charge in [0.05, 0.1) is 0 Å². The first-order valence-corrected chi connectivity index (χ1v) is 9.67. The molecule has 1 aliphatic rings. The normalized spacial score (nSPS) is 18.1. The van der Waals surface area contributed by atoms with Crippen LogP contribution in [0, 0.1) is 17.8 Å². The molecule has 1 heteroatoms. The van der Waals surface area contributed by atoms with E-state index in [0.29, 0.717) is 23.5 Å². The van der Waals surface area contributed by atoms with Gasteiger partial charge in [0.25, 0.3) is 0 Å². The second kappa shape index (κ2) is 11.3. The molecule has 0 aliphatic heterocycles. The summed E-state index contributed by atoms with van der Waals surface area (Å²) < 4.78 is 0. The third kappa shape index (κ3) is 8.02. The van der Waals surface area contributed by atoms with Crippen LogP contribution in [0.4, 0.5) is 0 Å². The highest BCUT2D eigenvalue weighted by molar-refractivity contribution is 5.81. The maximum absolute atomic E-state index is 12.7. The third-order valence-corrected chi connectivity index (χ3v) is 5.13. The van der Waals surface area contributed by atoms with Crippen molar-refractivity contribution in [3.63, 3.8) is 0 Å². The minimum Gasteiger partial charge on any atom is -0.299 e. The first-order valence-electron chi connectivity index (χ1n) is 9.67. The molecule has 0 aromatic rings. The van der Waals surface area contributed by atoms with Crippen LogP contribution in [0.25, 0.3) is 0 Å². The lowest BCUT2D eigenvalue weighted by atomic mass is 9.74. The van der Waals surface area contributed by atoms with Gasteiger partial charge in [0.1, 0.15) is 5.78 Å². The zero-order chi connectivity index (χ0) is 15.5. The Morgan fingerprint density at radius 3 is 2.19 bits per heavy atom. The standard InChI is InChI=1S/C20H38O/c1-4-5-6-7-8-12-15-20(21)19(16-17(2)3)18-13-10-9-11-14-18/h17-19H,4-16H2,1-3H3. The van der Waals surface area contributed by atoms with Crippen molar-refractivity contribution in [1.29, 1.82) is 0 Å². The molecule has 1 nitrogen and oxygen atoms in total. The Morgan fingerprint density at radius 2 is 1.57 bits per heavy atom. The summed E-state index contributed by atoms with van der Waals surface area (Å²) >= 11 is 0. The van der Waals surface area contributed by atoms with Crippen molar-refractivity contribution in [3.8, 4) is 0 Å². The molecule has 124 valence electrons. The predicted octanol–water partition coefficient (Wildman–Crippen LogP) is 6.55. The van der Waals surface area contributed by atoms with Gasteiger partial charge in [-0.1, -0.05) is 72.1 Å². The van der Waals surface area contributed by atoms with Crippen molar-refractivity contribution < 1.29 is 4.79 Å². The molecule has 0 saturated heterocycles. The summed E-state index contributed by atoms with van der Waals surface area (Å²) in [5, 5.41) is 0. The maximum atomic E-state index is 12.7. The Balaban J connectivity index is 2.32. The van der Waals surface area contributed by atoms with Gasteiger partial charge in [-0.05, 0) is 37.5 Å². The van der Waals surface area contributed by atoms with E-state index in [1.807, 2.05) is 0 Å². The van der Waals surface area contributed by atoms with Gasteiger partial charge in [0.2, 0.25) is 0 Å². The fraction of sp³-hybridized carbons (Fsp3) is 0.950. The van der Waals surface area contributed by atoms with Crippen molar-refractivity contribution in [1.82, 2.24) is 0 Å². The van der Waals surface area contributed by atoms with Crippen LogP contribution in [0.1, 0.15) is 104 Å². The molecule has 0 spiro atoms. The molecule has 0 aromatic carbocycles. The van der Waals surface area contributed by atoms with E-state index in [4.69, 9.17) is 0 Å². The van der Waals surface area contributed by atoms with Crippen LogP contribution in [0.15, 0.2) is 0 Å². The number of rotatable bonds is 11. The zero-order valence-electron chi connectivity index (χ0n) is 14.8. The van der Waals surface area contributed by atoms with Crippen LogP contribution < -0.4 is 0 Å². The summed E-state index contributed by atoms with van der Waals surface area (Å²) in [5.41, 5.74) is 0. The average molecular weight is 295 g/mol. The quantitative estimate of drug-likeness (QED) is 0.395. The lowest BCUT2D eigenvalue weighted by molar-refractivity contribution is -0.125. The molecule has 1 unspecified atom stereocenters. The SMILES string of the molecule is CCCCCCCCC(=O)C(CC(C)C)C1CCCCC1. The van der Waals surface area contributed by atoms with Gasteiger partial charge in [0, 0.05) is 12.3 Å². The smallest absolute Gasteiger partial charge is 0.136 e. The second-order valence-corrected chi connectivity index (χ2v) is 7.62. The number of hydrogen-bond acceptors (Lipinski definition) is 1. The lowest BCUT2D eigenvalue weighted by Crippen LogP contribution is -2.27. The number of ketones is 1. The molecule has 0 heterocycles. The molecule has 1 fully saturated rings. The third-order valence-electron chi connectivity index (χ3n) is 5.13. The molecule has 1 saturated carbocycles. The second-order valence-electron chi connectivity index (χ2n) is 7.62. The minimum absolute atomic E-state index is 0.376. The van der Waals surface area contributed by atoms with Crippen molar-refractivity contribution in [2.24, 2.45) is 17.8 Å². The first kappa shape index (κ1) is 18.7. The van der Waals surface area contributed by atoms with Crippen LogP contribution in [-0.4, -0.2) is 5.78 Å². The number of hydrogen-bond donors (Lipinski definition) is 0. The molecule has 1 atom stereocenters. The molecular formula is C20H38O. The minimum atomic E-state index is 0.376. The Kier molecular flexibility index (Phi) is 10.0. The van der Waals surface area contributed by atoms with E-state index in [1.165, 1.54) is 64.2 Å². The monoisotopic (exact) mass is 294 g/mol. The number of Topliss-reactive ketones (excluding diaryl/α,β-unsaturated/α-hetero) is 1. The molecule has 0 amide bonds. The first-order chi connectivity index (χ1) is 10.1. The van der Waals surface area contributed by atoms with Gasteiger partial charge in [-0.25, -0.2) is 0 Å². The highest BCUT2D eigenvalue weighted by Crippen LogP contribution is 2.34. The van der Waals surface area contributed by atoms with Crippen LogP contribution >= 0.6 is 0 Å². The maximum Gasteiger partial charge on any atom is 0.136 e. The van der Waals surface area contributed by atoms with Gasteiger partial charge in [-0.3, -0.25) is 4.79 Å². The molecule has 0 bridgehead atoms. The zero-order valence-corrected chi connectivity index (χ0v) is 14.8. The number of unbranched alkanes of at least 4 members (excludes halogenated alkanes) is 5. The molecular weight excluding hydrogens is 256 g/mol. The van der Waals surface area contributed by atoms with Crippen molar-refractivity contribution >= 4 is 5.78 Å². The van der Waals surface area contributed by atoms with E-state index in [1.54, 1.807) is 0 Å². The fourth-order valence-electron chi connectivity index (χ4n) is 3.90. The van der Waals surface area contributed by atoms with E-state index in [0.717, 1.165) is 19.3 Å². The summed E-state index contributed by atoms with van der Waals surface area (Å²) in [6, 6.07) is 0. The van der Waals surface area contributed by atoms with Gasteiger partial charge >= 0.3 is 0 Å². The molecule has 1 rings (SSSR count). The highest BCUT2D eigenvalue weighted by atomic mass is 16.1. The van der Waals surface area contributed by atoms with Gasteiger partial charge in [-0.2, -0.15) is 0 Å². The molecule has 0 N–H and O–H groups in total. The Bertz CT molecular complexity index is 263. The van der Waals surface area contributed by atoms with Gasteiger partial charge in [-0.15, -0.1) is 0 Å². The Hall–Kier alpha value is -0.330. The van der Waals surface area contributed by atoms with Gasteiger partial charge < -0.3 is 0 Å². The number of carbonyl (C=O) groups excluding carboxylic acids is 1. The van der Waals surface area contributed by atoms with Gasteiger partial charge in [0.15, 0.2) is 0 Å². The van der Waals surface area contributed by atoms with Crippen LogP contribution in [0.5, 0.6) is 0 Å². The molecule has 21 heavy (non-hydrogen) atoms. The van der Waals surface area contributed by atoms with Crippen LogP contribution in [0.2, 0.25) is 0 Å². The van der Waals surface area contributed by atoms with E-state index in [9.17, 15) is 4.79 Å². The summed E-state index contributed by atoms with van der Waals surface area (Å²) in [7, 11) is 0. The van der Waals surface area contributed by atoms with Crippen molar-refractivity contribution in [3.05, 3.63) is 0 Å². The Labute approximate surface area is 133 Å². The van der Waals surface area contributed by atoms with E-state index < -0.39 is 0 Å². The highest BCUT2D eigenvalue weighted by Gasteiger charge is 2.29. The van der Waals surface area contributed by atoms with Crippen LogP contribution in [-0.2, 0) is 4.79 Å². The number of carbonyl (C=O) groups is 1. The fourth-order valence-corrected chi connectivity index (χ4v) is 3.90. The summed E-state index contributed by atoms with van der Waals surface area (Å²) in [6.07, 6.45) is 16.4. The lowest BCUT2D eigenvalue weighted by Gasteiger charge is -2.30. The molecule has 0 radical (unpaired) electrons. The largest absolute Gasteiger partial charge is 0.299 e. The average Bonchev–Trinajstić information content (AvgIpc) is 2.49. The predicted molar refractivity (Wildman–Crippen MR) is 92.5 cm³/mol. The van der Waals surface area contributed by atoms with Crippen molar-refractivity contribution in [2.45, 2.75) is 104 Å². The molecule has 0 aromatic heterocycles. The Morgan fingerprint density at radius 1 is 0.952 bits per heavy atom. The van der Waals surface area contributed by atoms with E-state index in [-0.39, 0.29) is 0 Å². The van der Waals surface area contributed by atoms with Crippen LogP contribution in [0.3, 0.4) is 0 Å². The summed E-state index contributed by atoms with van der Waals surface area (Å²) in [6.45, 7) is 6.80. The summed E-state index contributed by atoms with van der Waals surface area (Å²) in [4.78, 5) is 12.7.